The summed E-state index contributed by atoms with van der Waals surface area (Å²) in [6.07, 6.45) is 2.32. The number of hydrogen-bond donors (Lipinski definition) is 1. The zero-order valence-corrected chi connectivity index (χ0v) is 15.4. The van der Waals surface area contributed by atoms with Gasteiger partial charge in [0.25, 0.3) is 0 Å². The van der Waals surface area contributed by atoms with E-state index in [0.717, 1.165) is 11.4 Å². The molecule has 0 bridgehead atoms. The second-order valence-electron chi connectivity index (χ2n) is 5.31. The van der Waals surface area contributed by atoms with Crippen LogP contribution in [0.2, 0.25) is 10.0 Å². The first kappa shape index (κ1) is 17.9. The maximum Gasteiger partial charge on any atom is 0.240 e. The lowest BCUT2D eigenvalue weighted by Crippen LogP contribution is -2.26. The van der Waals surface area contributed by atoms with Gasteiger partial charge in [0.15, 0.2) is 0 Å². The fourth-order valence-electron chi connectivity index (χ4n) is 2.26. The Hall–Kier alpha value is -1.86. The van der Waals surface area contributed by atoms with Crippen molar-refractivity contribution in [1.82, 2.24) is 14.5 Å². The van der Waals surface area contributed by atoms with Crippen LogP contribution in [0.25, 0.3) is 5.69 Å². The third kappa shape index (κ3) is 4.41. The molecule has 25 heavy (non-hydrogen) atoms. The lowest BCUT2D eigenvalue weighted by molar-refractivity contribution is 0.581. The minimum absolute atomic E-state index is 0.0803. The number of nitrogens with one attached hydrogen (secondary N) is 1. The van der Waals surface area contributed by atoms with Gasteiger partial charge in [0.2, 0.25) is 10.0 Å². The maximum absolute atomic E-state index is 12.3. The monoisotopic (exact) mass is 395 g/mol. The van der Waals surface area contributed by atoms with E-state index in [0.29, 0.717) is 11.4 Å². The van der Waals surface area contributed by atoms with Crippen LogP contribution in [0, 0.1) is 0 Å². The van der Waals surface area contributed by atoms with Crippen molar-refractivity contribution in [3.8, 4) is 5.69 Å². The quantitative estimate of drug-likeness (QED) is 0.691. The highest BCUT2D eigenvalue weighted by Gasteiger charge is 2.15. The van der Waals surface area contributed by atoms with Gasteiger partial charge in [-0.15, -0.1) is 0 Å². The van der Waals surface area contributed by atoms with Crippen LogP contribution in [0.5, 0.6) is 0 Å². The van der Waals surface area contributed by atoms with Gasteiger partial charge in [-0.05, 0) is 36.4 Å². The van der Waals surface area contributed by atoms with E-state index in [1.165, 1.54) is 18.2 Å². The Morgan fingerprint density at radius 1 is 1.00 bits per heavy atom. The van der Waals surface area contributed by atoms with Crippen molar-refractivity contribution in [3.63, 3.8) is 0 Å². The molecule has 1 aromatic heterocycles. The summed E-state index contributed by atoms with van der Waals surface area (Å²) in [6.45, 7) is 0.231. The molecular weight excluding hydrogens is 381 g/mol. The molecule has 3 rings (SSSR count). The van der Waals surface area contributed by atoms with Gasteiger partial charge in [0.05, 0.1) is 26.3 Å². The van der Waals surface area contributed by atoms with Gasteiger partial charge in [-0.3, -0.25) is 0 Å². The molecule has 1 heterocycles. The van der Waals surface area contributed by atoms with E-state index < -0.39 is 10.0 Å². The molecule has 0 spiro atoms. The fourth-order valence-corrected chi connectivity index (χ4v) is 3.68. The first-order chi connectivity index (χ1) is 12.0. The molecule has 0 atom stereocenters. The third-order valence-corrected chi connectivity index (χ3v) is 5.74. The molecule has 2 aromatic carbocycles. The topological polar surface area (TPSA) is 64.0 Å². The zero-order valence-electron chi connectivity index (χ0n) is 13.1. The lowest BCUT2D eigenvalue weighted by atomic mass is 10.3. The average molecular weight is 396 g/mol. The SMILES string of the molecule is O=S(=O)(NCCc1ccn(-c2ccccc2)n1)c1ccc(Cl)c(Cl)c1. The molecular formula is C17H15Cl2N3O2S. The largest absolute Gasteiger partial charge is 0.241 e. The predicted molar refractivity (Wildman–Crippen MR) is 98.9 cm³/mol. The van der Waals surface area contributed by atoms with E-state index in [-0.39, 0.29) is 16.5 Å². The summed E-state index contributed by atoms with van der Waals surface area (Å²) in [5.41, 5.74) is 1.74. The van der Waals surface area contributed by atoms with E-state index in [1.807, 2.05) is 42.6 Å². The van der Waals surface area contributed by atoms with Gasteiger partial charge in [-0.1, -0.05) is 41.4 Å². The number of sulfonamides is 1. The average Bonchev–Trinajstić information content (AvgIpc) is 3.07. The lowest BCUT2D eigenvalue weighted by Gasteiger charge is -2.07. The normalized spacial score (nSPS) is 11.6. The minimum Gasteiger partial charge on any atom is -0.241 e. The van der Waals surface area contributed by atoms with Crippen LogP contribution in [-0.2, 0) is 16.4 Å². The summed E-state index contributed by atoms with van der Waals surface area (Å²) in [5, 5.41) is 4.95. The molecule has 0 aliphatic carbocycles. The highest BCUT2D eigenvalue weighted by molar-refractivity contribution is 7.89. The van der Waals surface area contributed by atoms with Crippen LogP contribution < -0.4 is 4.72 Å². The molecule has 0 saturated heterocycles. The molecule has 130 valence electrons. The fraction of sp³-hybridized carbons (Fsp3) is 0.118. The summed E-state index contributed by atoms with van der Waals surface area (Å²) in [7, 11) is -3.64. The molecule has 5 nitrogen and oxygen atoms in total. The van der Waals surface area contributed by atoms with Crippen molar-refractivity contribution in [2.45, 2.75) is 11.3 Å². The van der Waals surface area contributed by atoms with Crippen LogP contribution in [0.15, 0.2) is 65.7 Å². The predicted octanol–water partition coefficient (Wildman–Crippen LogP) is 3.70. The Labute approximate surface area is 156 Å². The van der Waals surface area contributed by atoms with E-state index in [1.54, 1.807) is 4.68 Å². The Kier molecular flexibility index (Phi) is 5.44. The Balaban J connectivity index is 1.63. The summed E-state index contributed by atoms with van der Waals surface area (Å²) in [4.78, 5) is 0.0803. The zero-order chi connectivity index (χ0) is 17.9. The van der Waals surface area contributed by atoms with Crippen molar-refractivity contribution >= 4 is 33.2 Å². The van der Waals surface area contributed by atoms with Crippen molar-refractivity contribution < 1.29 is 8.42 Å². The van der Waals surface area contributed by atoms with Gasteiger partial charge >= 0.3 is 0 Å². The van der Waals surface area contributed by atoms with Gasteiger partial charge in [0, 0.05) is 19.2 Å². The molecule has 0 amide bonds. The Bertz CT molecular complexity index is 973. The number of halogens is 2. The summed E-state index contributed by atoms with van der Waals surface area (Å²) >= 11 is 11.7. The summed E-state index contributed by atoms with van der Waals surface area (Å²) in [6, 6.07) is 15.8. The van der Waals surface area contributed by atoms with Crippen molar-refractivity contribution in [2.24, 2.45) is 0 Å². The number of aromatic nitrogens is 2. The van der Waals surface area contributed by atoms with Gasteiger partial charge in [-0.2, -0.15) is 5.10 Å². The minimum atomic E-state index is -3.64. The Morgan fingerprint density at radius 3 is 2.48 bits per heavy atom. The van der Waals surface area contributed by atoms with E-state index in [4.69, 9.17) is 23.2 Å². The second kappa shape index (κ2) is 7.58. The van der Waals surface area contributed by atoms with Crippen LogP contribution in [0.3, 0.4) is 0 Å². The standard InChI is InChI=1S/C17H15Cl2N3O2S/c18-16-7-6-15(12-17(16)19)25(23,24)20-10-8-13-9-11-22(21-13)14-4-2-1-3-5-14/h1-7,9,11-12,20H,8,10H2. The molecule has 0 aliphatic heterocycles. The van der Waals surface area contributed by atoms with Crippen LogP contribution in [0.1, 0.15) is 5.69 Å². The molecule has 1 N–H and O–H groups in total. The van der Waals surface area contributed by atoms with Crippen LogP contribution in [-0.4, -0.2) is 24.7 Å². The smallest absolute Gasteiger partial charge is 0.240 e. The molecule has 0 saturated carbocycles. The molecule has 0 radical (unpaired) electrons. The number of benzene rings is 2. The van der Waals surface area contributed by atoms with E-state index in [9.17, 15) is 8.42 Å². The molecule has 8 heteroatoms. The Morgan fingerprint density at radius 2 is 1.76 bits per heavy atom. The molecule has 3 aromatic rings. The number of hydrogen-bond acceptors (Lipinski definition) is 3. The van der Waals surface area contributed by atoms with Crippen LogP contribution in [0.4, 0.5) is 0 Å². The highest BCUT2D eigenvalue weighted by atomic mass is 35.5. The van der Waals surface area contributed by atoms with Crippen LogP contribution >= 0.6 is 23.2 Å². The first-order valence-corrected chi connectivity index (χ1v) is 9.74. The number of rotatable bonds is 6. The van der Waals surface area contributed by atoms with Crippen molar-refractivity contribution in [2.75, 3.05) is 6.54 Å². The first-order valence-electron chi connectivity index (χ1n) is 7.50. The van der Waals surface area contributed by atoms with Gasteiger partial charge in [-0.25, -0.2) is 17.8 Å². The molecule has 0 unspecified atom stereocenters. The molecule has 0 fully saturated rings. The van der Waals surface area contributed by atoms with Crippen molar-refractivity contribution in [1.29, 1.82) is 0 Å². The van der Waals surface area contributed by atoms with Crippen molar-refractivity contribution in [3.05, 3.63) is 76.5 Å². The van der Waals surface area contributed by atoms with Gasteiger partial charge < -0.3 is 0 Å². The van der Waals surface area contributed by atoms with E-state index in [2.05, 4.69) is 9.82 Å². The highest BCUT2D eigenvalue weighted by Crippen LogP contribution is 2.24. The van der Waals surface area contributed by atoms with E-state index >= 15 is 0 Å². The second-order valence-corrected chi connectivity index (χ2v) is 7.89. The molecule has 0 aliphatic rings. The summed E-state index contributed by atoms with van der Waals surface area (Å²) in [5.74, 6) is 0. The maximum atomic E-state index is 12.3. The summed E-state index contributed by atoms with van der Waals surface area (Å²) < 4.78 is 28.8. The third-order valence-electron chi connectivity index (χ3n) is 3.54. The number of para-hydroxylation sites is 1. The van der Waals surface area contributed by atoms with Gasteiger partial charge in [0.1, 0.15) is 0 Å². The number of nitrogens with zero attached hydrogens (tertiary/aromatic N) is 2.